The van der Waals surface area contributed by atoms with Gasteiger partial charge in [-0.05, 0) is 42.8 Å². The molecule has 2 rings (SSSR count). The molecule has 0 bridgehead atoms. The predicted molar refractivity (Wildman–Crippen MR) is 92.6 cm³/mol. The number of carbonyl (C=O) groups excluding carboxylic acids is 1. The van der Waals surface area contributed by atoms with E-state index in [9.17, 15) is 23.5 Å². The Balaban J connectivity index is 1.96. The van der Waals surface area contributed by atoms with Gasteiger partial charge in [0.25, 0.3) is 5.91 Å². The number of halogens is 2. The topological polar surface area (TPSA) is 84.9 Å². The summed E-state index contributed by atoms with van der Waals surface area (Å²) in [5, 5.41) is 11.7. The summed E-state index contributed by atoms with van der Waals surface area (Å²) in [6, 6.07) is 10.5. The minimum absolute atomic E-state index is 0.0724. The molecule has 144 valence electrons. The van der Waals surface area contributed by atoms with Crippen LogP contribution in [-0.2, 0) is 9.59 Å². The van der Waals surface area contributed by atoms with Gasteiger partial charge in [0.15, 0.2) is 17.7 Å². The minimum Gasteiger partial charge on any atom is -0.478 e. The predicted octanol–water partition coefficient (Wildman–Crippen LogP) is 2.77. The lowest BCUT2D eigenvalue weighted by atomic mass is 10.2. The van der Waals surface area contributed by atoms with E-state index in [-0.39, 0.29) is 24.5 Å². The first-order chi connectivity index (χ1) is 12.9. The molecule has 8 heteroatoms. The van der Waals surface area contributed by atoms with Crippen LogP contribution >= 0.6 is 0 Å². The lowest BCUT2D eigenvalue weighted by molar-refractivity contribution is -0.145. The van der Waals surface area contributed by atoms with E-state index in [2.05, 4.69) is 5.32 Å². The van der Waals surface area contributed by atoms with Gasteiger partial charge in [-0.2, -0.15) is 0 Å². The van der Waals surface area contributed by atoms with Crippen molar-refractivity contribution in [3.8, 4) is 11.5 Å². The maximum atomic E-state index is 13.7. The third kappa shape index (κ3) is 5.95. The molecule has 2 aromatic rings. The number of carboxylic acid groups (broad SMARTS) is 1. The van der Waals surface area contributed by atoms with Gasteiger partial charge in [-0.3, -0.25) is 4.79 Å². The number of aliphatic carboxylic acids is 1. The first kappa shape index (κ1) is 20.2. The summed E-state index contributed by atoms with van der Waals surface area (Å²) in [7, 11) is 0. The van der Waals surface area contributed by atoms with Gasteiger partial charge in [0.1, 0.15) is 11.6 Å². The number of rotatable bonds is 9. The number of ether oxygens (including phenoxy) is 2. The Morgan fingerprint density at radius 3 is 2.30 bits per heavy atom. The van der Waals surface area contributed by atoms with Crippen LogP contribution in [0.2, 0.25) is 0 Å². The quantitative estimate of drug-likeness (QED) is 0.700. The average molecular weight is 379 g/mol. The monoisotopic (exact) mass is 379 g/mol. The molecule has 2 N–H and O–H groups in total. The van der Waals surface area contributed by atoms with Gasteiger partial charge in [0.05, 0.1) is 6.54 Å². The van der Waals surface area contributed by atoms with E-state index < -0.39 is 35.7 Å². The zero-order valence-electron chi connectivity index (χ0n) is 14.5. The van der Waals surface area contributed by atoms with E-state index in [4.69, 9.17) is 9.47 Å². The number of carbonyl (C=O) groups is 2. The van der Waals surface area contributed by atoms with Crippen molar-refractivity contribution in [2.75, 3.05) is 6.54 Å². The van der Waals surface area contributed by atoms with Crippen molar-refractivity contribution in [1.29, 1.82) is 0 Å². The van der Waals surface area contributed by atoms with Gasteiger partial charge in [0.2, 0.25) is 6.10 Å². The van der Waals surface area contributed by atoms with Crippen LogP contribution < -0.4 is 14.8 Å². The maximum absolute atomic E-state index is 13.7. The molecule has 6 nitrogen and oxygen atoms in total. The molecular weight excluding hydrogens is 360 g/mol. The molecule has 27 heavy (non-hydrogen) atoms. The molecule has 0 aliphatic carbocycles. The van der Waals surface area contributed by atoms with E-state index in [1.54, 1.807) is 13.0 Å². The number of carboxylic acids is 1. The number of para-hydroxylation sites is 1. The molecule has 0 aromatic heterocycles. The molecular formula is C19H19F2NO5. The Hall–Kier alpha value is -3.16. The number of nitrogens with one attached hydrogen (secondary N) is 1. The molecule has 0 heterocycles. The molecule has 1 amide bonds. The number of amides is 1. The van der Waals surface area contributed by atoms with Crippen molar-refractivity contribution in [1.82, 2.24) is 5.32 Å². The van der Waals surface area contributed by atoms with E-state index in [1.165, 1.54) is 30.3 Å². The second-order valence-corrected chi connectivity index (χ2v) is 5.59. The van der Waals surface area contributed by atoms with E-state index in [0.717, 1.165) is 12.1 Å². The molecule has 0 spiro atoms. The second kappa shape index (κ2) is 9.51. The fourth-order valence-corrected chi connectivity index (χ4v) is 2.18. The highest BCUT2D eigenvalue weighted by molar-refractivity contribution is 5.82. The normalized spacial score (nSPS) is 12.7. The van der Waals surface area contributed by atoms with Crippen LogP contribution in [-0.4, -0.2) is 35.7 Å². The van der Waals surface area contributed by atoms with Crippen molar-refractivity contribution in [3.63, 3.8) is 0 Å². The minimum atomic E-state index is -1.38. The summed E-state index contributed by atoms with van der Waals surface area (Å²) >= 11 is 0. The summed E-state index contributed by atoms with van der Waals surface area (Å²) < 4.78 is 37.2. The maximum Gasteiger partial charge on any atom is 0.346 e. The molecule has 0 aliphatic rings. The summed E-state index contributed by atoms with van der Waals surface area (Å²) in [6.45, 7) is 1.33. The second-order valence-electron chi connectivity index (χ2n) is 5.59. The van der Waals surface area contributed by atoms with Gasteiger partial charge in [-0.1, -0.05) is 19.1 Å². The van der Waals surface area contributed by atoms with Gasteiger partial charge in [0, 0.05) is 0 Å². The third-order valence-corrected chi connectivity index (χ3v) is 3.60. The lowest BCUT2D eigenvalue weighted by Gasteiger charge is -2.20. The van der Waals surface area contributed by atoms with Crippen LogP contribution in [0.3, 0.4) is 0 Å². The fourth-order valence-electron chi connectivity index (χ4n) is 2.18. The summed E-state index contributed by atoms with van der Waals surface area (Å²) in [4.78, 5) is 23.6. The van der Waals surface area contributed by atoms with E-state index in [1.807, 2.05) is 0 Å². The Morgan fingerprint density at radius 2 is 1.70 bits per heavy atom. The Morgan fingerprint density at radius 1 is 1.04 bits per heavy atom. The van der Waals surface area contributed by atoms with E-state index in [0.29, 0.717) is 0 Å². The molecule has 0 saturated heterocycles. The number of benzene rings is 2. The first-order valence-electron chi connectivity index (χ1n) is 8.24. The van der Waals surface area contributed by atoms with Gasteiger partial charge in [-0.25, -0.2) is 13.6 Å². The highest BCUT2D eigenvalue weighted by Crippen LogP contribution is 2.18. The molecule has 0 aliphatic heterocycles. The molecule has 0 radical (unpaired) electrons. The first-order valence-corrected chi connectivity index (χ1v) is 8.24. The fraction of sp³-hybridized carbons (Fsp3) is 0.263. The van der Waals surface area contributed by atoms with Crippen molar-refractivity contribution in [2.24, 2.45) is 0 Å². The third-order valence-electron chi connectivity index (χ3n) is 3.60. The van der Waals surface area contributed by atoms with Crippen LogP contribution in [0.15, 0.2) is 48.5 Å². The highest BCUT2D eigenvalue weighted by atomic mass is 19.1. The summed E-state index contributed by atoms with van der Waals surface area (Å²) in [5.74, 6) is -2.92. The van der Waals surface area contributed by atoms with Crippen LogP contribution in [0.25, 0.3) is 0 Å². The molecule has 0 saturated carbocycles. The Bertz CT molecular complexity index is 782. The van der Waals surface area contributed by atoms with Crippen molar-refractivity contribution in [2.45, 2.75) is 25.6 Å². The van der Waals surface area contributed by atoms with Crippen LogP contribution in [0, 0.1) is 11.6 Å². The van der Waals surface area contributed by atoms with Gasteiger partial charge >= 0.3 is 5.97 Å². The zero-order valence-corrected chi connectivity index (χ0v) is 14.5. The largest absolute Gasteiger partial charge is 0.478 e. The SMILES string of the molecule is CCC(Oc1ccccc1F)C(=O)NCC(Oc1ccc(F)cc1)C(=O)O. The molecule has 2 atom stereocenters. The zero-order chi connectivity index (χ0) is 19.8. The van der Waals surface area contributed by atoms with Crippen LogP contribution in [0.5, 0.6) is 11.5 Å². The van der Waals surface area contributed by atoms with Gasteiger partial charge in [-0.15, -0.1) is 0 Å². The summed E-state index contributed by atoms with van der Waals surface area (Å²) in [6.07, 6.45) is -2.14. The average Bonchev–Trinajstić information content (AvgIpc) is 2.65. The summed E-state index contributed by atoms with van der Waals surface area (Å²) in [5.41, 5.74) is 0. The number of hydrogen-bond donors (Lipinski definition) is 2. The van der Waals surface area contributed by atoms with Crippen molar-refractivity contribution < 1.29 is 33.0 Å². The van der Waals surface area contributed by atoms with Crippen LogP contribution in [0.1, 0.15) is 13.3 Å². The lowest BCUT2D eigenvalue weighted by Crippen LogP contribution is -2.45. The highest BCUT2D eigenvalue weighted by Gasteiger charge is 2.24. The Kier molecular flexibility index (Phi) is 7.10. The van der Waals surface area contributed by atoms with Crippen molar-refractivity contribution >= 4 is 11.9 Å². The Labute approximate surface area is 154 Å². The smallest absolute Gasteiger partial charge is 0.346 e. The molecule has 0 fully saturated rings. The van der Waals surface area contributed by atoms with Crippen molar-refractivity contribution in [3.05, 3.63) is 60.2 Å². The standard InChI is InChI=1S/C19H19F2NO5/c1-2-15(27-16-6-4-3-5-14(16)21)18(23)22-11-17(19(24)25)26-13-9-7-12(20)8-10-13/h3-10,15,17H,2,11H2,1H3,(H,22,23)(H,24,25). The van der Waals surface area contributed by atoms with Crippen LogP contribution in [0.4, 0.5) is 8.78 Å². The molecule has 2 aromatic carbocycles. The molecule has 2 unspecified atom stereocenters. The number of hydrogen-bond acceptors (Lipinski definition) is 4. The van der Waals surface area contributed by atoms with Gasteiger partial charge < -0.3 is 19.9 Å². The van der Waals surface area contributed by atoms with E-state index >= 15 is 0 Å².